The number of hydrogen-bond donors (Lipinski definition) is 4. The van der Waals surface area contributed by atoms with Crippen LogP contribution in [0.15, 0.2) is 29.5 Å². The van der Waals surface area contributed by atoms with Gasteiger partial charge in [-0.25, -0.2) is 19.3 Å². The Bertz CT molecular complexity index is 1090. The van der Waals surface area contributed by atoms with Crippen molar-refractivity contribution < 1.29 is 18.5 Å². The number of fused-ring (bicyclic) bond motifs is 1. The van der Waals surface area contributed by atoms with Crippen molar-refractivity contribution in [2.75, 3.05) is 24.7 Å². The number of aliphatic imine (C=N–C) groups is 1. The number of amidine groups is 1. The molecule has 0 aliphatic carbocycles. The number of methoxy groups -OCH3 is 1. The van der Waals surface area contributed by atoms with Crippen LogP contribution in [0, 0.1) is 5.82 Å². The van der Waals surface area contributed by atoms with E-state index in [2.05, 4.69) is 30.0 Å². The predicted octanol–water partition coefficient (Wildman–Crippen LogP) is 2.19. The van der Waals surface area contributed by atoms with Crippen LogP contribution >= 0.6 is 10.5 Å². The Balaban J connectivity index is 1.66. The molecule has 1 fully saturated rings. The molecule has 4 rings (SSSR count). The van der Waals surface area contributed by atoms with E-state index in [-0.39, 0.29) is 34.7 Å². The Kier molecular flexibility index (Phi) is 5.55. The van der Waals surface area contributed by atoms with Crippen molar-refractivity contribution in [2.45, 2.75) is 37.0 Å². The van der Waals surface area contributed by atoms with Crippen LogP contribution in [0.1, 0.15) is 42.9 Å². The minimum absolute atomic E-state index is 0.00517. The zero-order valence-corrected chi connectivity index (χ0v) is 18.9. The molecule has 10 nitrogen and oxygen atoms in total. The lowest BCUT2D eigenvalue weighted by Gasteiger charge is -2.57. The molecule has 172 valence electrons. The number of amides is 1. The predicted molar refractivity (Wildman–Crippen MR) is 120 cm³/mol. The molecule has 2 aromatic rings. The summed E-state index contributed by atoms with van der Waals surface area (Å²) in [5, 5.41) is 2.59. The highest BCUT2D eigenvalue weighted by atomic mass is 32.3. The van der Waals surface area contributed by atoms with Gasteiger partial charge in [-0.1, -0.05) is 10.5 Å². The SMILES string of the molecule is COc1cnc(C(=O)Nc2ccc(F)c(C3(C)CS4(O)NCCCC4(C)C(N)=N3)n2)cn1. The summed E-state index contributed by atoms with van der Waals surface area (Å²) in [5.74, 6) is -0.344. The van der Waals surface area contributed by atoms with Crippen LogP contribution in [0.4, 0.5) is 10.2 Å². The van der Waals surface area contributed by atoms with Crippen LogP contribution in [0.25, 0.3) is 0 Å². The maximum absolute atomic E-state index is 14.9. The summed E-state index contributed by atoms with van der Waals surface area (Å²) in [6, 6.07) is 2.55. The lowest BCUT2D eigenvalue weighted by molar-refractivity contribution is 0.102. The van der Waals surface area contributed by atoms with Crippen molar-refractivity contribution >= 4 is 28.1 Å². The Labute approximate surface area is 186 Å². The summed E-state index contributed by atoms with van der Waals surface area (Å²) < 4.78 is 33.9. The number of nitrogens with two attached hydrogens (primary N) is 1. The number of carbonyl (C=O) groups excluding carboxylic acids is 1. The second kappa shape index (κ2) is 7.94. The highest BCUT2D eigenvalue weighted by Gasteiger charge is 2.55. The van der Waals surface area contributed by atoms with Crippen molar-refractivity contribution in [2.24, 2.45) is 10.7 Å². The third-order valence-corrected chi connectivity index (χ3v) is 9.55. The van der Waals surface area contributed by atoms with Gasteiger partial charge >= 0.3 is 0 Å². The standard InChI is InChI=1S/C20H26FN7O3S/c1-19(11-32(30)20(2,18(22)28-19)7-4-8-25-32)16-12(21)5-6-14(26-16)27-17(29)13-9-24-15(31-3)10-23-13/h5-6,9-10,25,30H,4,7-8,11H2,1-3H3,(H2,22,28)(H,26,27,29). The van der Waals surface area contributed by atoms with Gasteiger partial charge in [0.2, 0.25) is 5.88 Å². The van der Waals surface area contributed by atoms with Crippen molar-refractivity contribution in [1.82, 2.24) is 19.7 Å². The van der Waals surface area contributed by atoms with Crippen LogP contribution < -0.4 is 20.5 Å². The lowest BCUT2D eigenvalue weighted by atomic mass is 9.96. The van der Waals surface area contributed by atoms with Gasteiger partial charge < -0.3 is 20.3 Å². The van der Waals surface area contributed by atoms with Gasteiger partial charge in [0.25, 0.3) is 5.91 Å². The molecule has 1 amide bonds. The highest BCUT2D eigenvalue weighted by molar-refractivity contribution is 8.29. The summed E-state index contributed by atoms with van der Waals surface area (Å²) in [6.07, 6.45) is 4.14. The average Bonchev–Trinajstić information content (AvgIpc) is 2.76. The summed E-state index contributed by atoms with van der Waals surface area (Å²) >= 11 is 0. The van der Waals surface area contributed by atoms with Crippen molar-refractivity contribution in [3.63, 3.8) is 0 Å². The molecule has 2 aliphatic heterocycles. The van der Waals surface area contributed by atoms with Gasteiger partial charge in [-0.3, -0.25) is 14.5 Å². The average molecular weight is 464 g/mol. The Morgan fingerprint density at radius 2 is 2.12 bits per heavy atom. The molecule has 12 heteroatoms. The number of halogens is 1. The third kappa shape index (κ3) is 3.67. The molecule has 5 N–H and O–H groups in total. The van der Waals surface area contributed by atoms with Crippen molar-refractivity contribution in [3.8, 4) is 5.88 Å². The van der Waals surface area contributed by atoms with Crippen LogP contribution in [0.5, 0.6) is 5.88 Å². The third-order valence-electron chi connectivity index (χ3n) is 5.98. The second-order valence-electron chi connectivity index (χ2n) is 8.27. The Morgan fingerprint density at radius 3 is 2.81 bits per heavy atom. The van der Waals surface area contributed by atoms with Gasteiger partial charge in [0.05, 0.1) is 24.3 Å². The number of hydrogen-bond acceptors (Lipinski definition) is 9. The van der Waals surface area contributed by atoms with E-state index in [1.54, 1.807) is 6.92 Å². The van der Waals surface area contributed by atoms with Crippen molar-refractivity contribution in [1.29, 1.82) is 0 Å². The molecular formula is C20H26FN7O3S. The number of anilines is 1. The van der Waals surface area contributed by atoms with E-state index >= 15 is 0 Å². The quantitative estimate of drug-likeness (QED) is 0.539. The van der Waals surface area contributed by atoms with E-state index in [4.69, 9.17) is 10.5 Å². The fourth-order valence-electron chi connectivity index (χ4n) is 4.06. The molecule has 0 spiro atoms. The molecule has 3 unspecified atom stereocenters. The molecule has 0 bridgehead atoms. The normalized spacial score (nSPS) is 31.6. The fourth-order valence-corrected chi connectivity index (χ4v) is 7.17. The number of rotatable bonds is 4. The van der Waals surface area contributed by atoms with Crippen LogP contribution in [-0.4, -0.2) is 55.4 Å². The van der Waals surface area contributed by atoms with E-state index in [9.17, 15) is 13.7 Å². The first-order valence-electron chi connectivity index (χ1n) is 10.1. The van der Waals surface area contributed by atoms with Gasteiger partial charge in [-0.05, 0) is 38.8 Å². The molecule has 2 aliphatic rings. The maximum atomic E-state index is 14.9. The summed E-state index contributed by atoms with van der Waals surface area (Å²) in [6.45, 7) is 4.23. The first-order valence-corrected chi connectivity index (χ1v) is 11.8. The minimum atomic E-state index is -2.42. The zero-order valence-electron chi connectivity index (χ0n) is 18.1. The molecule has 1 saturated heterocycles. The minimum Gasteiger partial charge on any atom is -0.480 e. The number of nitrogens with one attached hydrogen (secondary N) is 2. The first-order chi connectivity index (χ1) is 15.1. The summed E-state index contributed by atoms with van der Waals surface area (Å²) in [7, 11) is -0.976. The highest BCUT2D eigenvalue weighted by Crippen LogP contribution is 2.62. The number of ether oxygens (including phenoxy) is 1. The van der Waals surface area contributed by atoms with Crippen LogP contribution in [0.2, 0.25) is 0 Å². The molecule has 0 radical (unpaired) electrons. The van der Waals surface area contributed by atoms with E-state index in [0.29, 0.717) is 13.0 Å². The van der Waals surface area contributed by atoms with Gasteiger partial charge in [-0.15, -0.1) is 0 Å². The molecule has 32 heavy (non-hydrogen) atoms. The molecule has 0 aromatic carbocycles. The maximum Gasteiger partial charge on any atom is 0.277 e. The molecule has 3 atom stereocenters. The number of carbonyl (C=O) groups is 1. The zero-order chi connectivity index (χ0) is 23.1. The Morgan fingerprint density at radius 1 is 1.34 bits per heavy atom. The van der Waals surface area contributed by atoms with Gasteiger partial charge in [0, 0.05) is 12.3 Å². The van der Waals surface area contributed by atoms with Crippen LogP contribution in [0.3, 0.4) is 0 Å². The smallest absolute Gasteiger partial charge is 0.277 e. The molecule has 4 heterocycles. The van der Waals surface area contributed by atoms with Gasteiger partial charge in [0.15, 0.2) is 0 Å². The Hall–Kier alpha value is -2.83. The number of aromatic nitrogens is 3. The number of pyridine rings is 1. The van der Waals surface area contributed by atoms with Gasteiger partial charge in [-0.2, -0.15) is 0 Å². The summed E-state index contributed by atoms with van der Waals surface area (Å²) in [4.78, 5) is 29.4. The topological polar surface area (TPSA) is 148 Å². The summed E-state index contributed by atoms with van der Waals surface area (Å²) in [5.41, 5.74) is 5.15. The lowest BCUT2D eigenvalue weighted by Crippen LogP contribution is -2.60. The molecular weight excluding hydrogens is 437 g/mol. The van der Waals surface area contributed by atoms with E-state index in [1.807, 2.05) is 6.92 Å². The van der Waals surface area contributed by atoms with E-state index < -0.39 is 32.5 Å². The van der Waals surface area contributed by atoms with E-state index in [1.165, 1.54) is 31.6 Å². The fraction of sp³-hybridized carbons (Fsp3) is 0.450. The van der Waals surface area contributed by atoms with E-state index in [0.717, 1.165) is 6.42 Å². The monoisotopic (exact) mass is 463 g/mol. The van der Waals surface area contributed by atoms with Crippen molar-refractivity contribution in [3.05, 3.63) is 41.7 Å². The number of nitrogens with zero attached hydrogens (tertiary/aromatic N) is 4. The molecule has 0 saturated carbocycles. The largest absolute Gasteiger partial charge is 0.480 e. The van der Waals surface area contributed by atoms with Gasteiger partial charge in [0.1, 0.15) is 34.4 Å². The first kappa shape index (κ1) is 22.4. The molecule has 2 aromatic heterocycles. The van der Waals surface area contributed by atoms with Crippen LogP contribution in [-0.2, 0) is 5.54 Å². The second-order valence-corrected chi connectivity index (χ2v) is 11.2.